The zero-order valence-electron chi connectivity index (χ0n) is 15.5. The van der Waals surface area contributed by atoms with Gasteiger partial charge < -0.3 is 14.8 Å². The van der Waals surface area contributed by atoms with Crippen LogP contribution in [0.4, 0.5) is 5.69 Å². The van der Waals surface area contributed by atoms with Crippen LogP contribution in [0.5, 0.6) is 11.5 Å². The third-order valence-electron chi connectivity index (χ3n) is 3.99. The van der Waals surface area contributed by atoms with Crippen molar-refractivity contribution in [2.75, 3.05) is 18.5 Å². The van der Waals surface area contributed by atoms with Crippen molar-refractivity contribution >= 4 is 11.6 Å². The van der Waals surface area contributed by atoms with Crippen LogP contribution in [0.15, 0.2) is 36.4 Å². The number of para-hydroxylation sites is 1. The summed E-state index contributed by atoms with van der Waals surface area (Å²) in [6, 6.07) is 11.9. The molecule has 4 heteroatoms. The van der Waals surface area contributed by atoms with Crippen LogP contribution < -0.4 is 14.8 Å². The second-order valence-corrected chi connectivity index (χ2v) is 5.96. The maximum absolute atomic E-state index is 12.3. The number of rotatable bonds is 8. The van der Waals surface area contributed by atoms with Crippen LogP contribution in [0.3, 0.4) is 0 Å². The predicted molar refractivity (Wildman–Crippen MR) is 102 cm³/mol. The number of benzene rings is 2. The van der Waals surface area contributed by atoms with Crippen LogP contribution in [0.1, 0.15) is 37.0 Å². The van der Waals surface area contributed by atoms with E-state index in [1.807, 2.05) is 64.1 Å². The fraction of sp³-hybridized carbons (Fsp3) is 0.381. The number of amides is 1. The van der Waals surface area contributed by atoms with Gasteiger partial charge in [0.1, 0.15) is 0 Å². The van der Waals surface area contributed by atoms with Crippen LogP contribution in [-0.4, -0.2) is 19.1 Å². The minimum atomic E-state index is 0.0178. The minimum absolute atomic E-state index is 0.0178. The van der Waals surface area contributed by atoms with Gasteiger partial charge in [-0.2, -0.15) is 0 Å². The van der Waals surface area contributed by atoms with Gasteiger partial charge in [-0.15, -0.1) is 0 Å². The number of nitrogens with one attached hydrogen (secondary N) is 1. The van der Waals surface area contributed by atoms with Crippen molar-refractivity contribution in [3.8, 4) is 11.5 Å². The average molecular weight is 341 g/mol. The lowest BCUT2D eigenvalue weighted by molar-refractivity contribution is -0.116. The molecule has 1 N–H and O–H groups in total. The highest BCUT2D eigenvalue weighted by Crippen LogP contribution is 2.29. The van der Waals surface area contributed by atoms with Crippen LogP contribution in [0.25, 0.3) is 0 Å². The van der Waals surface area contributed by atoms with Crippen LogP contribution in [0, 0.1) is 13.8 Å². The SMILES string of the molecule is CCOc1ccc(CCC(=O)Nc2c(C)cccc2C)cc1OCC. The Labute approximate surface area is 150 Å². The number of aryl methyl sites for hydroxylation is 3. The van der Waals surface area contributed by atoms with E-state index >= 15 is 0 Å². The maximum Gasteiger partial charge on any atom is 0.224 e. The van der Waals surface area contributed by atoms with E-state index in [4.69, 9.17) is 9.47 Å². The molecular formula is C21H27NO3. The Bertz CT molecular complexity index is 705. The largest absolute Gasteiger partial charge is 0.490 e. The zero-order chi connectivity index (χ0) is 18.2. The number of carbonyl (C=O) groups excluding carboxylic acids is 1. The monoisotopic (exact) mass is 341 g/mol. The normalized spacial score (nSPS) is 10.4. The summed E-state index contributed by atoms with van der Waals surface area (Å²) in [5.41, 5.74) is 4.12. The van der Waals surface area contributed by atoms with Crippen molar-refractivity contribution in [3.05, 3.63) is 53.1 Å². The van der Waals surface area contributed by atoms with Gasteiger partial charge in [-0.25, -0.2) is 0 Å². The Balaban J connectivity index is 2.00. The molecule has 0 radical (unpaired) electrons. The molecule has 0 aliphatic rings. The number of anilines is 1. The maximum atomic E-state index is 12.3. The first-order chi connectivity index (χ1) is 12.0. The van der Waals surface area contributed by atoms with E-state index < -0.39 is 0 Å². The number of hydrogen-bond acceptors (Lipinski definition) is 3. The molecular weight excluding hydrogens is 314 g/mol. The van der Waals surface area contributed by atoms with Gasteiger partial charge in [0.15, 0.2) is 11.5 Å². The quantitative estimate of drug-likeness (QED) is 0.759. The summed E-state index contributed by atoms with van der Waals surface area (Å²) >= 11 is 0. The molecule has 0 bridgehead atoms. The molecule has 2 aromatic rings. The summed E-state index contributed by atoms with van der Waals surface area (Å²) in [6.45, 7) is 9.07. The molecule has 4 nitrogen and oxygen atoms in total. The first kappa shape index (κ1) is 18.8. The summed E-state index contributed by atoms with van der Waals surface area (Å²) in [5, 5.41) is 3.03. The van der Waals surface area contributed by atoms with E-state index in [0.29, 0.717) is 26.1 Å². The lowest BCUT2D eigenvalue weighted by Crippen LogP contribution is -2.14. The van der Waals surface area contributed by atoms with Crippen molar-refractivity contribution in [2.24, 2.45) is 0 Å². The number of carbonyl (C=O) groups is 1. The lowest BCUT2D eigenvalue weighted by atomic mass is 10.1. The summed E-state index contributed by atoms with van der Waals surface area (Å²) in [6.07, 6.45) is 1.08. The first-order valence-corrected chi connectivity index (χ1v) is 8.79. The van der Waals surface area contributed by atoms with Crippen LogP contribution in [0.2, 0.25) is 0 Å². The van der Waals surface area contributed by atoms with Gasteiger partial charge in [-0.05, 0) is 62.9 Å². The Kier molecular flexibility index (Phi) is 6.87. The fourth-order valence-electron chi connectivity index (χ4n) is 2.72. The zero-order valence-corrected chi connectivity index (χ0v) is 15.5. The van der Waals surface area contributed by atoms with Gasteiger partial charge in [0.2, 0.25) is 5.91 Å². The summed E-state index contributed by atoms with van der Waals surface area (Å²) in [5.74, 6) is 1.49. The molecule has 0 unspecified atom stereocenters. The highest BCUT2D eigenvalue weighted by atomic mass is 16.5. The smallest absolute Gasteiger partial charge is 0.224 e. The van der Waals surface area contributed by atoms with Gasteiger partial charge in [-0.1, -0.05) is 24.3 Å². The fourth-order valence-corrected chi connectivity index (χ4v) is 2.72. The van der Waals surface area contributed by atoms with E-state index in [2.05, 4.69) is 5.32 Å². The summed E-state index contributed by atoms with van der Waals surface area (Å²) in [4.78, 5) is 12.3. The topological polar surface area (TPSA) is 47.6 Å². The molecule has 0 aliphatic carbocycles. The second kappa shape index (κ2) is 9.11. The lowest BCUT2D eigenvalue weighted by Gasteiger charge is -2.13. The Morgan fingerprint density at radius 1 is 0.960 bits per heavy atom. The molecule has 0 saturated heterocycles. The third-order valence-corrected chi connectivity index (χ3v) is 3.99. The number of ether oxygens (including phenoxy) is 2. The Hall–Kier alpha value is -2.49. The standard InChI is InChI=1S/C21H27NO3/c1-5-24-18-12-10-17(14-19(18)25-6-2)11-13-20(23)22-21-15(3)8-7-9-16(21)4/h7-10,12,14H,5-6,11,13H2,1-4H3,(H,22,23). The minimum Gasteiger partial charge on any atom is -0.490 e. The Morgan fingerprint density at radius 2 is 1.60 bits per heavy atom. The van der Waals surface area contributed by atoms with Crippen molar-refractivity contribution in [1.82, 2.24) is 0 Å². The summed E-state index contributed by atoms with van der Waals surface area (Å²) < 4.78 is 11.2. The molecule has 0 aromatic heterocycles. The number of hydrogen-bond donors (Lipinski definition) is 1. The molecule has 0 saturated carbocycles. The van der Waals surface area contributed by atoms with Gasteiger partial charge >= 0.3 is 0 Å². The van der Waals surface area contributed by atoms with Gasteiger partial charge in [-0.3, -0.25) is 4.79 Å². The van der Waals surface area contributed by atoms with Crippen molar-refractivity contribution in [3.63, 3.8) is 0 Å². The molecule has 2 aromatic carbocycles. The second-order valence-electron chi connectivity index (χ2n) is 5.96. The molecule has 0 spiro atoms. The molecule has 0 atom stereocenters. The van der Waals surface area contributed by atoms with E-state index in [0.717, 1.165) is 33.9 Å². The highest BCUT2D eigenvalue weighted by molar-refractivity contribution is 5.92. The van der Waals surface area contributed by atoms with Gasteiger partial charge in [0, 0.05) is 12.1 Å². The van der Waals surface area contributed by atoms with Crippen LogP contribution in [-0.2, 0) is 11.2 Å². The highest BCUT2D eigenvalue weighted by Gasteiger charge is 2.10. The molecule has 25 heavy (non-hydrogen) atoms. The molecule has 1 amide bonds. The first-order valence-electron chi connectivity index (χ1n) is 8.79. The van der Waals surface area contributed by atoms with Gasteiger partial charge in [0.05, 0.1) is 13.2 Å². The average Bonchev–Trinajstić information content (AvgIpc) is 2.59. The van der Waals surface area contributed by atoms with Crippen LogP contribution >= 0.6 is 0 Å². The van der Waals surface area contributed by atoms with Crippen molar-refractivity contribution < 1.29 is 14.3 Å². The predicted octanol–water partition coefficient (Wildman–Crippen LogP) is 4.67. The van der Waals surface area contributed by atoms with Crippen molar-refractivity contribution in [2.45, 2.75) is 40.5 Å². The molecule has 0 fully saturated rings. The molecule has 2 rings (SSSR count). The van der Waals surface area contributed by atoms with Gasteiger partial charge in [0.25, 0.3) is 0 Å². The molecule has 0 aliphatic heterocycles. The van der Waals surface area contributed by atoms with E-state index in [1.54, 1.807) is 0 Å². The Morgan fingerprint density at radius 3 is 2.24 bits per heavy atom. The van der Waals surface area contributed by atoms with Crippen molar-refractivity contribution in [1.29, 1.82) is 0 Å². The van der Waals surface area contributed by atoms with E-state index in [1.165, 1.54) is 0 Å². The van der Waals surface area contributed by atoms with E-state index in [9.17, 15) is 4.79 Å². The van der Waals surface area contributed by atoms with E-state index in [-0.39, 0.29) is 5.91 Å². The molecule has 134 valence electrons. The summed E-state index contributed by atoms with van der Waals surface area (Å²) in [7, 11) is 0. The molecule has 0 heterocycles. The third kappa shape index (κ3) is 5.24.